The first-order chi connectivity index (χ1) is 11.2. The molecule has 0 aliphatic heterocycles. The van der Waals surface area contributed by atoms with Crippen LogP contribution in [-0.2, 0) is 12.8 Å². The van der Waals surface area contributed by atoms with Crippen LogP contribution in [0.4, 0.5) is 0 Å². The molecule has 0 atom stereocenters. The van der Waals surface area contributed by atoms with Gasteiger partial charge >= 0.3 is 0 Å². The van der Waals surface area contributed by atoms with Crippen molar-refractivity contribution in [1.82, 2.24) is 0 Å². The zero-order valence-electron chi connectivity index (χ0n) is 13.2. The predicted molar refractivity (Wildman–Crippen MR) is 93.2 cm³/mol. The van der Waals surface area contributed by atoms with Crippen LogP contribution in [0.25, 0.3) is 0 Å². The molecule has 0 heterocycles. The van der Waals surface area contributed by atoms with Crippen LogP contribution in [0.5, 0.6) is 17.2 Å². The average molecular weight is 304 g/mol. The second-order valence-electron chi connectivity index (χ2n) is 5.69. The van der Waals surface area contributed by atoms with Crippen molar-refractivity contribution >= 4 is 0 Å². The highest BCUT2D eigenvalue weighted by Gasteiger charge is 2.05. The van der Waals surface area contributed by atoms with E-state index in [9.17, 15) is 5.11 Å². The van der Waals surface area contributed by atoms with E-state index in [2.05, 4.69) is 12.1 Å². The van der Waals surface area contributed by atoms with Gasteiger partial charge in [-0.3, -0.25) is 0 Å². The van der Waals surface area contributed by atoms with E-state index in [-0.39, 0.29) is 5.75 Å². The minimum atomic E-state index is 0.283. The Morgan fingerprint density at radius 1 is 0.783 bits per heavy atom. The summed E-state index contributed by atoms with van der Waals surface area (Å²) in [4.78, 5) is 0. The van der Waals surface area contributed by atoms with Crippen molar-refractivity contribution in [2.24, 2.45) is 0 Å². The van der Waals surface area contributed by atoms with Crippen molar-refractivity contribution < 1.29 is 9.84 Å². The molecule has 1 N–H and O–H groups in total. The van der Waals surface area contributed by atoms with Crippen LogP contribution in [0.15, 0.2) is 72.8 Å². The molecule has 3 aromatic carbocycles. The molecule has 23 heavy (non-hydrogen) atoms. The molecule has 0 spiro atoms. The van der Waals surface area contributed by atoms with Crippen molar-refractivity contribution in [2.75, 3.05) is 0 Å². The van der Waals surface area contributed by atoms with Gasteiger partial charge in [0, 0.05) is 6.07 Å². The molecule has 0 radical (unpaired) electrons. The van der Waals surface area contributed by atoms with Crippen LogP contribution in [-0.4, -0.2) is 5.11 Å². The second-order valence-corrected chi connectivity index (χ2v) is 5.69. The maximum atomic E-state index is 10.2. The highest BCUT2D eigenvalue weighted by molar-refractivity contribution is 5.42. The van der Waals surface area contributed by atoms with E-state index in [0.29, 0.717) is 5.75 Å². The fourth-order valence-electron chi connectivity index (χ4n) is 2.56. The van der Waals surface area contributed by atoms with Crippen LogP contribution in [0.1, 0.15) is 16.7 Å². The molecular formula is C21H20O2. The number of rotatable bonds is 5. The first-order valence-corrected chi connectivity index (χ1v) is 7.81. The summed E-state index contributed by atoms with van der Waals surface area (Å²) in [6.07, 6.45) is 1.72. The maximum absolute atomic E-state index is 10.2. The lowest BCUT2D eigenvalue weighted by atomic mass is 10.0. The Morgan fingerprint density at radius 2 is 1.57 bits per heavy atom. The second kappa shape index (κ2) is 7.01. The number of hydrogen-bond acceptors (Lipinski definition) is 2. The van der Waals surface area contributed by atoms with Crippen LogP contribution in [0.2, 0.25) is 0 Å². The number of aryl methyl sites for hydroxylation is 3. The van der Waals surface area contributed by atoms with Crippen molar-refractivity contribution in [3.8, 4) is 17.2 Å². The van der Waals surface area contributed by atoms with Gasteiger partial charge in [-0.1, -0.05) is 48.5 Å². The van der Waals surface area contributed by atoms with Crippen molar-refractivity contribution in [2.45, 2.75) is 19.8 Å². The summed E-state index contributed by atoms with van der Waals surface area (Å²) < 4.78 is 5.80. The van der Waals surface area contributed by atoms with E-state index in [1.165, 1.54) is 5.56 Å². The number of benzene rings is 3. The standard InChI is InChI=1S/C21H20O2/c1-16-6-5-9-19(14-16)23-20-13-12-18(21(22)15-20)11-10-17-7-3-2-4-8-17/h2-9,12-15,22H,10-11H2,1H3. The third-order valence-electron chi connectivity index (χ3n) is 3.81. The normalized spacial score (nSPS) is 10.5. The lowest BCUT2D eigenvalue weighted by molar-refractivity contribution is 0.450. The Hall–Kier alpha value is -2.74. The Morgan fingerprint density at radius 3 is 2.30 bits per heavy atom. The molecule has 0 saturated carbocycles. The first kappa shape index (κ1) is 15.2. The molecule has 0 amide bonds. The van der Waals surface area contributed by atoms with Crippen molar-refractivity contribution in [3.05, 3.63) is 89.5 Å². The number of hydrogen-bond donors (Lipinski definition) is 1. The molecule has 0 saturated heterocycles. The van der Waals surface area contributed by atoms with Gasteiger partial charge in [-0.25, -0.2) is 0 Å². The first-order valence-electron chi connectivity index (χ1n) is 7.81. The van der Waals surface area contributed by atoms with Gasteiger partial charge in [0.1, 0.15) is 17.2 Å². The number of phenols is 1. The molecule has 2 heteroatoms. The Labute approximate surface area is 137 Å². The molecule has 2 nitrogen and oxygen atoms in total. The fraction of sp³-hybridized carbons (Fsp3) is 0.143. The summed E-state index contributed by atoms with van der Waals surface area (Å²) >= 11 is 0. The molecule has 0 fully saturated rings. The van der Waals surface area contributed by atoms with Crippen molar-refractivity contribution in [3.63, 3.8) is 0 Å². The van der Waals surface area contributed by atoms with E-state index in [1.807, 2.05) is 61.5 Å². The van der Waals surface area contributed by atoms with Crippen LogP contribution >= 0.6 is 0 Å². The summed E-state index contributed by atoms with van der Waals surface area (Å²) in [6.45, 7) is 2.02. The zero-order chi connectivity index (χ0) is 16.1. The summed E-state index contributed by atoms with van der Waals surface area (Å²) in [5, 5.41) is 10.2. The van der Waals surface area contributed by atoms with Crippen molar-refractivity contribution in [1.29, 1.82) is 0 Å². The van der Waals surface area contributed by atoms with E-state index in [0.717, 1.165) is 29.7 Å². The summed E-state index contributed by atoms with van der Waals surface area (Å²) in [7, 11) is 0. The highest BCUT2D eigenvalue weighted by atomic mass is 16.5. The summed E-state index contributed by atoms with van der Waals surface area (Å²) in [6, 6.07) is 23.7. The average Bonchev–Trinajstić information content (AvgIpc) is 2.55. The topological polar surface area (TPSA) is 29.5 Å². The Bertz CT molecular complexity index is 779. The number of phenolic OH excluding ortho intramolecular Hbond substituents is 1. The van der Waals surface area contributed by atoms with E-state index in [4.69, 9.17) is 4.74 Å². The third-order valence-corrected chi connectivity index (χ3v) is 3.81. The molecule has 0 unspecified atom stereocenters. The molecule has 0 aromatic heterocycles. The van der Waals surface area contributed by atoms with Gasteiger partial charge in [-0.2, -0.15) is 0 Å². The number of ether oxygens (including phenoxy) is 1. The largest absolute Gasteiger partial charge is 0.508 e. The predicted octanol–water partition coefficient (Wildman–Crippen LogP) is 5.28. The zero-order valence-corrected chi connectivity index (χ0v) is 13.2. The smallest absolute Gasteiger partial charge is 0.131 e. The van der Waals surface area contributed by atoms with Gasteiger partial charge < -0.3 is 9.84 Å². The Kier molecular flexibility index (Phi) is 4.62. The van der Waals surface area contributed by atoms with Gasteiger partial charge in [-0.15, -0.1) is 0 Å². The quantitative estimate of drug-likeness (QED) is 0.695. The minimum Gasteiger partial charge on any atom is -0.508 e. The van der Waals surface area contributed by atoms with E-state index in [1.54, 1.807) is 6.07 Å². The molecule has 3 aromatic rings. The maximum Gasteiger partial charge on any atom is 0.131 e. The monoisotopic (exact) mass is 304 g/mol. The van der Waals surface area contributed by atoms with Crippen LogP contribution < -0.4 is 4.74 Å². The third kappa shape index (κ3) is 4.13. The summed E-state index contributed by atoms with van der Waals surface area (Å²) in [5.41, 5.74) is 3.35. The molecule has 0 aliphatic carbocycles. The van der Waals surface area contributed by atoms with Gasteiger partial charge in [0.05, 0.1) is 0 Å². The molecular weight excluding hydrogens is 284 g/mol. The van der Waals surface area contributed by atoms with Gasteiger partial charge in [0.2, 0.25) is 0 Å². The van der Waals surface area contributed by atoms with Crippen LogP contribution in [0.3, 0.4) is 0 Å². The number of aromatic hydroxyl groups is 1. The highest BCUT2D eigenvalue weighted by Crippen LogP contribution is 2.28. The molecule has 116 valence electrons. The SMILES string of the molecule is Cc1cccc(Oc2ccc(CCc3ccccc3)c(O)c2)c1. The van der Waals surface area contributed by atoms with E-state index >= 15 is 0 Å². The lowest BCUT2D eigenvalue weighted by Crippen LogP contribution is -1.92. The molecule has 0 bridgehead atoms. The van der Waals surface area contributed by atoms with Gasteiger partial charge in [0.25, 0.3) is 0 Å². The minimum absolute atomic E-state index is 0.283. The lowest BCUT2D eigenvalue weighted by Gasteiger charge is -2.09. The Balaban J connectivity index is 1.68. The van der Waals surface area contributed by atoms with Gasteiger partial charge in [0.15, 0.2) is 0 Å². The molecule has 0 aliphatic rings. The summed E-state index contributed by atoms with van der Waals surface area (Å²) in [5.74, 6) is 1.71. The van der Waals surface area contributed by atoms with Gasteiger partial charge in [-0.05, 0) is 54.7 Å². The fourth-order valence-corrected chi connectivity index (χ4v) is 2.56. The van der Waals surface area contributed by atoms with Crippen LogP contribution in [0, 0.1) is 6.92 Å². The van der Waals surface area contributed by atoms with E-state index < -0.39 is 0 Å². The molecule has 3 rings (SSSR count).